The molecule has 0 unspecified atom stereocenters. The van der Waals surface area contributed by atoms with Crippen LogP contribution in [0.4, 0.5) is 0 Å². The summed E-state index contributed by atoms with van der Waals surface area (Å²) in [5, 5.41) is 9.59. The molecular weight excluding hydrogens is 279 g/mol. The number of aromatic carboxylic acids is 1. The standard InChI is InChI=1S/C15H18N2O3.Na.H/c1-2-17-9-12(15(19)20)14(18)11-8-10(4-3-7-16)5-6-13(11)17;;/h5-6,8-9H,2-4,7,16H2,1H3,(H,19,20);;/q;+1;-1. The Kier molecular flexibility index (Phi) is 6.61. The first-order chi connectivity index (χ1) is 9.58. The quantitative estimate of drug-likeness (QED) is 0.674. The first-order valence-electron chi connectivity index (χ1n) is 6.68. The molecule has 0 aliphatic carbocycles. The van der Waals surface area contributed by atoms with E-state index in [4.69, 9.17) is 10.8 Å². The molecule has 0 amide bonds. The van der Waals surface area contributed by atoms with Crippen LogP contribution < -0.4 is 40.7 Å². The molecule has 21 heavy (non-hydrogen) atoms. The molecule has 0 atom stereocenters. The number of rotatable bonds is 5. The van der Waals surface area contributed by atoms with Gasteiger partial charge in [-0.05, 0) is 44.0 Å². The van der Waals surface area contributed by atoms with Crippen molar-refractivity contribution in [3.05, 3.63) is 45.7 Å². The molecule has 108 valence electrons. The van der Waals surface area contributed by atoms with Gasteiger partial charge in [0.15, 0.2) is 0 Å². The van der Waals surface area contributed by atoms with Crippen LogP contribution in [0.1, 0.15) is 30.7 Å². The molecule has 0 aliphatic heterocycles. The fraction of sp³-hybridized carbons (Fsp3) is 0.333. The summed E-state index contributed by atoms with van der Waals surface area (Å²) in [4.78, 5) is 23.4. The third-order valence-corrected chi connectivity index (χ3v) is 3.39. The van der Waals surface area contributed by atoms with E-state index < -0.39 is 11.4 Å². The molecule has 1 aromatic carbocycles. The zero-order valence-corrected chi connectivity index (χ0v) is 14.4. The summed E-state index contributed by atoms with van der Waals surface area (Å²) in [6.45, 7) is 3.11. The molecule has 0 saturated heterocycles. The van der Waals surface area contributed by atoms with Gasteiger partial charge in [0.2, 0.25) is 5.43 Å². The fourth-order valence-corrected chi connectivity index (χ4v) is 2.32. The first-order valence-corrected chi connectivity index (χ1v) is 6.68. The van der Waals surface area contributed by atoms with E-state index >= 15 is 0 Å². The van der Waals surface area contributed by atoms with Crippen molar-refractivity contribution in [1.29, 1.82) is 0 Å². The molecule has 1 aromatic heterocycles. The third-order valence-electron chi connectivity index (χ3n) is 3.39. The van der Waals surface area contributed by atoms with Crippen LogP contribution in [0.25, 0.3) is 10.9 Å². The van der Waals surface area contributed by atoms with Crippen LogP contribution in [0.3, 0.4) is 0 Å². The van der Waals surface area contributed by atoms with Gasteiger partial charge in [0.1, 0.15) is 5.56 Å². The Labute approximate surface area is 146 Å². The summed E-state index contributed by atoms with van der Waals surface area (Å²) in [5.41, 5.74) is 6.64. The van der Waals surface area contributed by atoms with Gasteiger partial charge in [0.25, 0.3) is 0 Å². The number of benzene rings is 1. The predicted molar refractivity (Wildman–Crippen MR) is 79.3 cm³/mol. The molecule has 0 radical (unpaired) electrons. The van der Waals surface area contributed by atoms with Gasteiger partial charge in [-0.15, -0.1) is 0 Å². The van der Waals surface area contributed by atoms with Crippen molar-refractivity contribution >= 4 is 16.9 Å². The van der Waals surface area contributed by atoms with Crippen LogP contribution in [0, 0.1) is 0 Å². The van der Waals surface area contributed by atoms with Crippen molar-refractivity contribution in [1.82, 2.24) is 4.57 Å². The Hall–Kier alpha value is -1.14. The van der Waals surface area contributed by atoms with Gasteiger partial charge < -0.3 is 16.8 Å². The van der Waals surface area contributed by atoms with Crippen molar-refractivity contribution in [3.8, 4) is 0 Å². The minimum Gasteiger partial charge on any atom is -1.00 e. The summed E-state index contributed by atoms with van der Waals surface area (Å²) in [6, 6.07) is 5.62. The normalized spacial score (nSPS) is 10.4. The van der Waals surface area contributed by atoms with Crippen molar-refractivity contribution in [2.45, 2.75) is 26.3 Å². The largest absolute Gasteiger partial charge is 1.00 e. The molecule has 3 N–H and O–H groups in total. The Morgan fingerprint density at radius 3 is 2.71 bits per heavy atom. The number of aromatic nitrogens is 1. The van der Waals surface area contributed by atoms with Gasteiger partial charge in [-0.1, -0.05) is 6.07 Å². The number of nitrogens with zero attached hydrogens (tertiary/aromatic N) is 1. The smallest absolute Gasteiger partial charge is 1.00 e. The third kappa shape index (κ3) is 3.74. The maximum absolute atomic E-state index is 12.2. The summed E-state index contributed by atoms with van der Waals surface area (Å²) in [6.07, 6.45) is 3.04. The van der Waals surface area contributed by atoms with E-state index in [1.54, 1.807) is 10.6 Å². The second-order valence-corrected chi connectivity index (χ2v) is 4.71. The van der Waals surface area contributed by atoms with Crippen molar-refractivity contribution in [2.24, 2.45) is 5.73 Å². The number of pyridine rings is 1. The minimum absolute atomic E-state index is 0. The number of carbonyl (C=O) groups is 1. The zero-order chi connectivity index (χ0) is 14.7. The van der Waals surface area contributed by atoms with E-state index in [0.717, 1.165) is 23.9 Å². The van der Waals surface area contributed by atoms with Crippen molar-refractivity contribution < 1.29 is 40.9 Å². The number of hydrogen-bond donors (Lipinski definition) is 2. The Morgan fingerprint density at radius 1 is 1.43 bits per heavy atom. The van der Waals surface area contributed by atoms with Gasteiger partial charge >= 0.3 is 35.5 Å². The average molecular weight is 298 g/mol. The molecule has 5 nitrogen and oxygen atoms in total. The molecule has 2 aromatic rings. The van der Waals surface area contributed by atoms with E-state index in [2.05, 4.69) is 0 Å². The van der Waals surface area contributed by atoms with Crippen LogP contribution in [-0.4, -0.2) is 22.2 Å². The molecule has 6 heteroatoms. The van der Waals surface area contributed by atoms with Gasteiger partial charge in [-0.2, -0.15) is 0 Å². The Morgan fingerprint density at radius 2 is 2.14 bits per heavy atom. The van der Waals surface area contributed by atoms with Crippen LogP contribution in [0.15, 0.2) is 29.2 Å². The second kappa shape index (κ2) is 7.75. The fourth-order valence-electron chi connectivity index (χ4n) is 2.32. The van der Waals surface area contributed by atoms with E-state index in [-0.39, 0.29) is 36.5 Å². The van der Waals surface area contributed by atoms with E-state index in [1.807, 2.05) is 19.1 Å². The first kappa shape index (κ1) is 17.9. The van der Waals surface area contributed by atoms with Gasteiger partial charge in [0, 0.05) is 18.1 Å². The van der Waals surface area contributed by atoms with E-state index in [1.165, 1.54) is 6.20 Å². The molecular formula is C15H19N2NaO3. The average Bonchev–Trinajstić information content (AvgIpc) is 2.45. The molecule has 2 rings (SSSR count). The van der Waals surface area contributed by atoms with Crippen molar-refractivity contribution in [3.63, 3.8) is 0 Å². The number of hydrogen-bond acceptors (Lipinski definition) is 3. The monoisotopic (exact) mass is 298 g/mol. The number of carboxylic acid groups (broad SMARTS) is 1. The SMILES string of the molecule is CCn1cc(C(=O)O)c(=O)c2cc(CCCN)ccc21.[H-].[Na+]. The molecule has 0 spiro atoms. The predicted octanol–water partition coefficient (Wildman–Crippen LogP) is -1.27. The maximum Gasteiger partial charge on any atom is 1.00 e. The minimum atomic E-state index is -1.19. The summed E-state index contributed by atoms with van der Waals surface area (Å²) in [7, 11) is 0. The van der Waals surface area contributed by atoms with Gasteiger partial charge in [0.05, 0.1) is 5.52 Å². The molecule has 0 fully saturated rings. The number of fused-ring (bicyclic) bond motifs is 1. The Balaban J connectivity index is 0.00000220. The molecule has 1 heterocycles. The Bertz CT molecular complexity index is 716. The second-order valence-electron chi connectivity index (χ2n) is 4.71. The molecule has 0 saturated carbocycles. The van der Waals surface area contributed by atoms with Gasteiger partial charge in [-0.3, -0.25) is 4.79 Å². The van der Waals surface area contributed by atoms with Crippen LogP contribution in [-0.2, 0) is 13.0 Å². The summed E-state index contributed by atoms with van der Waals surface area (Å²) >= 11 is 0. The number of nitrogens with two attached hydrogens (primary N) is 1. The van der Waals surface area contributed by atoms with Crippen LogP contribution in [0.2, 0.25) is 0 Å². The zero-order valence-electron chi connectivity index (χ0n) is 13.4. The van der Waals surface area contributed by atoms with Crippen molar-refractivity contribution in [2.75, 3.05) is 6.54 Å². The molecule has 0 bridgehead atoms. The topological polar surface area (TPSA) is 85.3 Å². The van der Waals surface area contributed by atoms with E-state index in [9.17, 15) is 9.59 Å². The van der Waals surface area contributed by atoms with Gasteiger partial charge in [-0.25, -0.2) is 4.79 Å². The molecule has 0 aliphatic rings. The van der Waals surface area contributed by atoms with Crippen LogP contribution >= 0.6 is 0 Å². The number of aryl methyl sites for hydroxylation is 2. The van der Waals surface area contributed by atoms with E-state index in [0.29, 0.717) is 18.5 Å². The summed E-state index contributed by atoms with van der Waals surface area (Å²) < 4.78 is 1.78. The van der Waals surface area contributed by atoms with Crippen LogP contribution in [0.5, 0.6) is 0 Å². The number of carboxylic acids is 1. The maximum atomic E-state index is 12.2. The summed E-state index contributed by atoms with van der Waals surface area (Å²) in [5.74, 6) is -1.19.